The Morgan fingerprint density at radius 3 is 2.61 bits per heavy atom. The first-order valence-electron chi connectivity index (χ1n) is 11.2. The van der Waals surface area contributed by atoms with E-state index in [0.29, 0.717) is 6.54 Å². The molecule has 4 aromatic rings. The number of benzene rings is 3. The normalized spacial score (nSPS) is 14.8. The van der Waals surface area contributed by atoms with E-state index < -0.39 is 0 Å². The van der Waals surface area contributed by atoms with Gasteiger partial charge < -0.3 is 14.8 Å². The third-order valence-corrected chi connectivity index (χ3v) is 6.97. The lowest BCUT2D eigenvalue weighted by Gasteiger charge is -2.31. The number of nitrogens with one attached hydrogen (secondary N) is 1. The van der Waals surface area contributed by atoms with Crippen LogP contribution in [0.2, 0.25) is 0 Å². The monoisotopic (exact) mass is 453 g/mol. The number of rotatable bonds is 4. The number of thioether (sulfide) groups is 1. The molecule has 1 aromatic heterocycles. The van der Waals surface area contributed by atoms with E-state index in [4.69, 9.17) is 0 Å². The van der Waals surface area contributed by atoms with Crippen LogP contribution in [0.4, 0.5) is 10.5 Å². The molecule has 2 heterocycles. The number of anilines is 1. The standard InChI is InChI=1S/C28H27N3OS/c1-3-20-13-15-21(16-14-20)27-26-12-7-17-30(26)25-11-5-4-8-22(25)19-31(27)28(32)29-23-9-6-10-24(18-23)33-2/h4-18,27H,3,19H2,1-2H3,(H,29,32)/t27-/m0/s1. The fraction of sp³-hybridized carbons (Fsp3) is 0.179. The molecule has 5 rings (SSSR count). The molecular weight excluding hydrogens is 426 g/mol. The fourth-order valence-corrected chi connectivity index (χ4v) is 4.98. The number of hydrogen-bond donors (Lipinski definition) is 1. The molecule has 0 bridgehead atoms. The maximum atomic E-state index is 13.8. The SMILES string of the molecule is CCc1ccc([C@H]2c3cccn3-c3ccccc3CN2C(=O)Nc2cccc(SC)c2)cc1. The number of fused-ring (bicyclic) bond motifs is 3. The van der Waals surface area contributed by atoms with E-state index in [-0.39, 0.29) is 12.1 Å². The van der Waals surface area contributed by atoms with E-state index in [2.05, 4.69) is 77.6 Å². The average Bonchev–Trinajstić information content (AvgIpc) is 3.28. The highest BCUT2D eigenvalue weighted by Crippen LogP contribution is 2.37. The maximum Gasteiger partial charge on any atom is 0.322 e. The van der Waals surface area contributed by atoms with Crippen LogP contribution >= 0.6 is 11.8 Å². The number of hydrogen-bond acceptors (Lipinski definition) is 2. The second-order valence-corrected chi connectivity index (χ2v) is 9.10. The van der Waals surface area contributed by atoms with Crippen molar-refractivity contribution in [3.63, 3.8) is 0 Å². The van der Waals surface area contributed by atoms with Crippen LogP contribution in [0, 0.1) is 0 Å². The van der Waals surface area contributed by atoms with E-state index in [1.54, 1.807) is 11.8 Å². The summed E-state index contributed by atoms with van der Waals surface area (Å²) in [6.07, 6.45) is 5.12. The second-order valence-electron chi connectivity index (χ2n) is 8.22. The zero-order valence-corrected chi connectivity index (χ0v) is 19.7. The summed E-state index contributed by atoms with van der Waals surface area (Å²) in [5.74, 6) is 0. The van der Waals surface area contributed by atoms with Gasteiger partial charge in [0.1, 0.15) is 0 Å². The predicted molar refractivity (Wildman–Crippen MR) is 136 cm³/mol. The molecule has 33 heavy (non-hydrogen) atoms. The van der Waals surface area contributed by atoms with Gasteiger partial charge in [0, 0.05) is 22.5 Å². The van der Waals surface area contributed by atoms with Crippen molar-refractivity contribution in [2.45, 2.75) is 30.8 Å². The zero-order valence-electron chi connectivity index (χ0n) is 18.9. The molecule has 1 aliphatic heterocycles. The lowest BCUT2D eigenvalue weighted by Crippen LogP contribution is -2.37. The van der Waals surface area contributed by atoms with Crippen molar-refractivity contribution in [1.29, 1.82) is 0 Å². The molecule has 1 atom stereocenters. The smallest absolute Gasteiger partial charge is 0.318 e. The number of carbonyl (C=O) groups is 1. The minimum Gasteiger partial charge on any atom is -0.318 e. The molecular formula is C28H27N3OS. The van der Waals surface area contributed by atoms with E-state index >= 15 is 0 Å². The Morgan fingerprint density at radius 1 is 1.00 bits per heavy atom. The van der Waals surface area contributed by atoms with Gasteiger partial charge >= 0.3 is 6.03 Å². The van der Waals surface area contributed by atoms with Gasteiger partial charge in [0.2, 0.25) is 0 Å². The summed E-state index contributed by atoms with van der Waals surface area (Å²) in [5, 5.41) is 3.15. The first kappa shape index (κ1) is 21.4. The van der Waals surface area contributed by atoms with Crippen molar-refractivity contribution in [3.8, 4) is 5.69 Å². The first-order valence-corrected chi connectivity index (χ1v) is 12.5. The van der Waals surface area contributed by atoms with Crippen LogP contribution in [0.1, 0.15) is 35.3 Å². The van der Waals surface area contributed by atoms with E-state index in [1.165, 1.54) is 5.56 Å². The number of nitrogens with zero attached hydrogens (tertiary/aromatic N) is 2. The molecule has 166 valence electrons. The summed E-state index contributed by atoms with van der Waals surface area (Å²) in [5.41, 5.74) is 6.52. The number of para-hydroxylation sites is 1. The third kappa shape index (κ3) is 4.16. The number of carbonyl (C=O) groups excluding carboxylic acids is 1. The Hall–Kier alpha value is -3.44. The Labute approximate surface area is 199 Å². The van der Waals surface area contributed by atoms with Gasteiger partial charge in [0.05, 0.1) is 18.3 Å². The fourth-order valence-electron chi connectivity index (χ4n) is 4.52. The number of amides is 2. The van der Waals surface area contributed by atoms with Gasteiger partial charge in [-0.15, -0.1) is 11.8 Å². The van der Waals surface area contributed by atoms with Crippen molar-refractivity contribution >= 4 is 23.5 Å². The summed E-state index contributed by atoms with van der Waals surface area (Å²) < 4.78 is 2.22. The summed E-state index contributed by atoms with van der Waals surface area (Å²) in [7, 11) is 0. The van der Waals surface area contributed by atoms with Crippen LogP contribution in [0.25, 0.3) is 5.69 Å². The topological polar surface area (TPSA) is 37.3 Å². The summed E-state index contributed by atoms with van der Waals surface area (Å²) in [6.45, 7) is 2.68. The quantitative estimate of drug-likeness (QED) is 0.341. The van der Waals surface area contributed by atoms with Crippen LogP contribution in [-0.2, 0) is 13.0 Å². The molecule has 5 heteroatoms. The highest BCUT2D eigenvalue weighted by Gasteiger charge is 2.33. The van der Waals surface area contributed by atoms with Crippen molar-refractivity contribution in [2.24, 2.45) is 0 Å². The Morgan fingerprint density at radius 2 is 1.82 bits per heavy atom. The molecule has 4 nitrogen and oxygen atoms in total. The van der Waals surface area contributed by atoms with E-state index in [1.807, 2.05) is 41.5 Å². The van der Waals surface area contributed by atoms with E-state index in [0.717, 1.165) is 39.5 Å². The van der Waals surface area contributed by atoms with Crippen molar-refractivity contribution < 1.29 is 4.79 Å². The largest absolute Gasteiger partial charge is 0.322 e. The highest BCUT2D eigenvalue weighted by molar-refractivity contribution is 7.98. The summed E-state index contributed by atoms with van der Waals surface area (Å²) >= 11 is 1.66. The molecule has 0 aliphatic carbocycles. The van der Waals surface area contributed by atoms with Crippen LogP contribution in [0.5, 0.6) is 0 Å². The third-order valence-electron chi connectivity index (χ3n) is 6.25. The number of aromatic nitrogens is 1. The van der Waals surface area contributed by atoms with Crippen molar-refractivity contribution in [2.75, 3.05) is 11.6 Å². The Kier molecular flexibility index (Phi) is 5.97. The van der Waals surface area contributed by atoms with Crippen LogP contribution in [0.3, 0.4) is 0 Å². The maximum absolute atomic E-state index is 13.8. The minimum absolute atomic E-state index is 0.109. The molecule has 1 N–H and O–H groups in total. The number of urea groups is 1. The zero-order chi connectivity index (χ0) is 22.8. The molecule has 0 spiro atoms. The van der Waals surface area contributed by atoms with Crippen LogP contribution < -0.4 is 5.32 Å². The second kappa shape index (κ2) is 9.20. The Bertz CT molecular complexity index is 1280. The van der Waals surface area contributed by atoms with Gasteiger partial charge in [-0.2, -0.15) is 0 Å². The highest BCUT2D eigenvalue weighted by atomic mass is 32.2. The molecule has 0 unspecified atom stereocenters. The van der Waals surface area contributed by atoms with Crippen LogP contribution in [-0.4, -0.2) is 21.8 Å². The van der Waals surface area contributed by atoms with E-state index in [9.17, 15) is 4.79 Å². The van der Waals surface area contributed by atoms with Crippen molar-refractivity contribution in [3.05, 3.63) is 114 Å². The molecule has 0 saturated heterocycles. The predicted octanol–water partition coefficient (Wildman–Crippen LogP) is 6.90. The van der Waals surface area contributed by atoms with Gasteiger partial charge in [-0.3, -0.25) is 0 Å². The van der Waals surface area contributed by atoms with Gasteiger partial charge in [0.25, 0.3) is 0 Å². The molecule has 3 aromatic carbocycles. The van der Waals surface area contributed by atoms with Crippen LogP contribution in [0.15, 0.2) is 96.0 Å². The van der Waals surface area contributed by atoms with Gasteiger partial charge in [-0.1, -0.05) is 55.5 Å². The molecule has 0 saturated carbocycles. The number of aryl methyl sites for hydroxylation is 1. The summed E-state index contributed by atoms with van der Waals surface area (Å²) in [4.78, 5) is 16.8. The van der Waals surface area contributed by atoms with Gasteiger partial charge in [-0.25, -0.2) is 4.79 Å². The minimum atomic E-state index is -0.206. The van der Waals surface area contributed by atoms with Gasteiger partial charge in [0.15, 0.2) is 0 Å². The summed E-state index contributed by atoms with van der Waals surface area (Å²) in [6, 6.07) is 28.8. The molecule has 2 amide bonds. The first-order chi connectivity index (χ1) is 16.2. The van der Waals surface area contributed by atoms with Gasteiger partial charge in [-0.05, 0) is 65.8 Å². The molecule has 1 aliphatic rings. The molecule has 0 fully saturated rings. The lowest BCUT2D eigenvalue weighted by molar-refractivity contribution is 0.194. The lowest BCUT2D eigenvalue weighted by atomic mass is 10.00. The van der Waals surface area contributed by atoms with Crippen molar-refractivity contribution in [1.82, 2.24) is 9.47 Å². The average molecular weight is 454 g/mol. The Balaban J connectivity index is 1.60. The molecule has 0 radical (unpaired) electrons.